The molecule has 1 atom stereocenters. The first-order chi connectivity index (χ1) is 9.19. The Morgan fingerprint density at radius 3 is 2.84 bits per heavy atom. The number of hydrogen-bond donors (Lipinski definition) is 0. The minimum absolute atomic E-state index is 0.0193. The van der Waals surface area contributed by atoms with E-state index >= 15 is 0 Å². The molecule has 2 rings (SSSR count). The number of rotatable bonds is 4. The summed E-state index contributed by atoms with van der Waals surface area (Å²) in [6.45, 7) is 4.74. The van der Waals surface area contributed by atoms with Crippen LogP contribution >= 0.6 is 0 Å². The molecule has 1 heterocycles. The Labute approximate surface area is 113 Å². The molecule has 0 N–H and O–H groups in total. The molecule has 1 saturated heterocycles. The number of carbonyl (C=O) groups is 1. The van der Waals surface area contributed by atoms with Gasteiger partial charge in [0.1, 0.15) is 5.82 Å². The molecule has 3 nitrogen and oxygen atoms in total. The predicted octanol–water partition coefficient (Wildman–Crippen LogP) is 2.60. The SMILES string of the molecule is CCOC(=O)[C@@H]1CCCN(Cc2ccc(F)cc2)C1. The molecular formula is C15H20FNO2. The van der Waals surface area contributed by atoms with Crippen LogP contribution in [0.1, 0.15) is 25.3 Å². The molecule has 104 valence electrons. The van der Waals surface area contributed by atoms with E-state index in [1.165, 1.54) is 12.1 Å². The summed E-state index contributed by atoms with van der Waals surface area (Å²) in [5.74, 6) is -0.327. The van der Waals surface area contributed by atoms with Crippen LogP contribution in [-0.4, -0.2) is 30.6 Å². The molecule has 0 saturated carbocycles. The van der Waals surface area contributed by atoms with Crippen LogP contribution in [0.25, 0.3) is 0 Å². The van der Waals surface area contributed by atoms with Gasteiger partial charge in [0.15, 0.2) is 0 Å². The van der Waals surface area contributed by atoms with Gasteiger partial charge in [-0.15, -0.1) is 0 Å². The summed E-state index contributed by atoms with van der Waals surface area (Å²) in [5, 5.41) is 0. The molecule has 1 aliphatic rings. The first-order valence-electron chi connectivity index (χ1n) is 6.82. The fraction of sp³-hybridized carbons (Fsp3) is 0.533. The molecule has 19 heavy (non-hydrogen) atoms. The normalized spacial score (nSPS) is 20.2. The molecule has 0 aromatic heterocycles. The molecule has 0 spiro atoms. The van der Waals surface area contributed by atoms with Crippen LogP contribution in [0.4, 0.5) is 4.39 Å². The minimum atomic E-state index is -0.216. The average molecular weight is 265 g/mol. The maximum absolute atomic E-state index is 12.8. The highest BCUT2D eigenvalue weighted by molar-refractivity contribution is 5.72. The third-order valence-electron chi connectivity index (χ3n) is 3.44. The van der Waals surface area contributed by atoms with Crippen LogP contribution in [0.5, 0.6) is 0 Å². The number of hydrogen-bond acceptors (Lipinski definition) is 3. The fourth-order valence-corrected chi connectivity index (χ4v) is 2.50. The van der Waals surface area contributed by atoms with Gasteiger partial charge < -0.3 is 4.74 Å². The van der Waals surface area contributed by atoms with Crippen molar-refractivity contribution in [1.82, 2.24) is 4.90 Å². The number of carbonyl (C=O) groups excluding carboxylic acids is 1. The van der Waals surface area contributed by atoms with E-state index in [-0.39, 0.29) is 17.7 Å². The molecule has 1 aliphatic heterocycles. The van der Waals surface area contributed by atoms with Crippen LogP contribution in [0, 0.1) is 11.7 Å². The molecule has 0 amide bonds. The van der Waals surface area contributed by atoms with Gasteiger partial charge in [0, 0.05) is 13.1 Å². The highest BCUT2D eigenvalue weighted by Gasteiger charge is 2.26. The van der Waals surface area contributed by atoms with Crippen molar-refractivity contribution in [2.24, 2.45) is 5.92 Å². The molecule has 0 unspecified atom stereocenters. The average Bonchev–Trinajstić information content (AvgIpc) is 2.42. The predicted molar refractivity (Wildman–Crippen MR) is 71.0 cm³/mol. The third-order valence-corrected chi connectivity index (χ3v) is 3.44. The van der Waals surface area contributed by atoms with E-state index in [0.29, 0.717) is 6.61 Å². The highest BCUT2D eigenvalue weighted by atomic mass is 19.1. The van der Waals surface area contributed by atoms with E-state index in [1.807, 2.05) is 6.92 Å². The van der Waals surface area contributed by atoms with Gasteiger partial charge in [0.25, 0.3) is 0 Å². The Morgan fingerprint density at radius 2 is 2.16 bits per heavy atom. The van der Waals surface area contributed by atoms with Gasteiger partial charge in [-0.05, 0) is 44.0 Å². The van der Waals surface area contributed by atoms with E-state index in [4.69, 9.17) is 4.74 Å². The zero-order valence-corrected chi connectivity index (χ0v) is 11.3. The Morgan fingerprint density at radius 1 is 1.42 bits per heavy atom. The minimum Gasteiger partial charge on any atom is -0.466 e. The number of halogens is 1. The number of likely N-dealkylation sites (tertiary alicyclic amines) is 1. The van der Waals surface area contributed by atoms with E-state index in [0.717, 1.165) is 38.0 Å². The largest absolute Gasteiger partial charge is 0.466 e. The Balaban J connectivity index is 1.90. The molecule has 1 aromatic carbocycles. The lowest BCUT2D eigenvalue weighted by atomic mass is 9.98. The maximum atomic E-state index is 12.8. The van der Waals surface area contributed by atoms with Gasteiger partial charge >= 0.3 is 5.97 Å². The van der Waals surface area contributed by atoms with Crippen LogP contribution in [0.15, 0.2) is 24.3 Å². The van der Waals surface area contributed by atoms with Crippen LogP contribution < -0.4 is 0 Å². The maximum Gasteiger partial charge on any atom is 0.310 e. The summed E-state index contributed by atoms with van der Waals surface area (Å²) < 4.78 is 17.9. The van der Waals surface area contributed by atoms with E-state index in [9.17, 15) is 9.18 Å². The second kappa shape index (κ2) is 6.66. The van der Waals surface area contributed by atoms with E-state index < -0.39 is 0 Å². The number of benzene rings is 1. The van der Waals surface area contributed by atoms with Gasteiger partial charge in [-0.1, -0.05) is 12.1 Å². The lowest BCUT2D eigenvalue weighted by Gasteiger charge is -2.31. The lowest BCUT2D eigenvalue weighted by Crippen LogP contribution is -2.38. The van der Waals surface area contributed by atoms with Gasteiger partial charge in [0.05, 0.1) is 12.5 Å². The zero-order valence-electron chi connectivity index (χ0n) is 11.3. The monoisotopic (exact) mass is 265 g/mol. The van der Waals surface area contributed by atoms with Gasteiger partial charge in [-0.2, -0.15) is 0 Å². The Bertz CT molecular complexity index is 419. The second-order valence-corrected chi connectivity index (χ2v) is 4.95. The van der Waals surface area contributed by atoms with Gasteiger partial charge in [-0.25, -0.2) is 4.39 Å². The number of ether oxygens (including phenoxy) is 1. The summed E-state index contributed by atoms with van der Waals surface area (Å²) >= 11 is 0. The van der Waals surface area contributed by atoms with Gasteiger partial charge in [0.2, 0.25) is 0 Å². The first kappa shape index (κ1) is 14.0. The van der Waals surface area contributed by atoms with Crippen molar-refractivity contribution in [2.45, 2.75) is 26.3 Å². The summed E-state index contributed by atoms with van der Waals surface area (Å²) in [6.07, 6.45) is 1.91. The molecule has 1 aromatic rings. The van der Waals surface area contributed by atoms with Crippen molar-refractivity contribution < 1.29 is 13.9 Å². The van der Waals surface area contributed by atoms with Crippen LogP contribution in [0.3, 0.4) is 0 Å². The van der Waals surface area contributed by atoms with Crippen molar-refractivity contribution >= 4 is 5.97 Å². The molecule has 1 fully saturated rings. The van der Waals surface area contributed by atoms with E-state index in [2.05, 4.69) is 4.90 Å². The summed E-state index contributed by atoms with van der Waals surface area (Å²) in [4.78, 5) is 14.0. The summed E-state index contributed by atoms with van der Waals surface area (Å²) in [5.41, 5.74) is 1.07. The topological polar surface area (TPSA) is 29.5 Å². The smallest absolute Gasteiger partial charge is 0.310 e. The van der Waals surface area contributed by atoms with Crippen molar-refractivity contribution in [3.63, 3.8) is 0 Å². The molecular weight excluding hydrogens is 245 g/mol. The van der Waals surface area contributed by atoms with Crippen molar-refractivity contribution in [3.05, 3.63) is 35.6 Å². The number of piperidine rings is 1. The lowest BCUT2D eigenvalue weighted by molar-refractivity contribution is -0.150. The molecule has 0 radical (unpaired) electrons. The van der Waals surface area contributed by atoms with Crippen LogP contribution in [0.2, 0.25) is 0 Å². The Hall–Kier alpha value is -1.42. The second-order valence-electron chi connectivity index (χ2n) is 4.95. The fourth-order valence-electron chi connectivity index (χ4n) is 2.50. The quantitative estimate of drug-likeness (QED) is 0.784. The van der Waals surface area contributed by atoms with Crippen LogP contribution in [-0.2, 0) is 16.1 Å². The molecule has 4 heteroatoms. The molecule has 0 bridgehead atoms. The van der Waals surface area contributed by atoms with Crippen molar-refractivity contribution in [2.75, 3.05) is 19.7 Å². The standard InChI is InChI=1S/C15H20FNO2/c1-2-19-15(18)13-4-3-9-17(11-13)10-12-5-7-14(16)8-6-12/h5-8,13H,2-4,9-11H2,1H3/t13-/m1/s1. The number of esters is 1. The first-order valence-corrected chi connectivity index (χ1v) is 6.82. The molecule has 0 aliphatic carbocycles. The Kier molecular flexibility index (Phi) is 4.91. The summed E-state index contributed by atoms with van der Waals surface area (Å²) in [6, 6.07) is 6.54. The number of nitrogens with zero attached hydrogens (tertiary/aromatic N) is 1. The van der Waals surface area contributed by atoms with E-state index in [1.54, 1.807) is 12.1 Å². The van der Waals surface area contributed by atoms with Gasteiger partial charge in [-0.3, -0.25) is 9.69 Å². The van der Waals surface area contributed by atoms with Crippen molar-refractivity contribution in [3.8, 4) is 0 Å². The summed E-state index contributed by atoms with van der Waals surface area (Å²) in [7, 11) is 0. The highest BCUT2D eigenvalue weighted by Crippen LogP contribution is 2.20. The zero-order chi connectivity index (χ0) is 13.7. The van der Waals surface area contributed by atoms with Crippen molar-refractivity contribution in [1.29, 1.82) is 0 Å². The third kappa shape index (κ3) is 4.03.